The first kappa shape index (κ1) is 12.9. The molecule has 1 aliphatic carbocycles. The van der Waals surface area contributed by atoms with E-state index in [-0.39, 0.29) is 11.9 Å². The first-order valence-corrected chi connectivity index (χ1v) is 7.43. The van der Waals surface area contributed by atoms with Crippen LogP contribution in [0.1, 0.15) is 43.7 Å². The first-order chi connectivity index (χ1) is 8.25. The second-order valence-corrected chi connectivity index (χ2v) is 6.08. The minimum absolute atomic E-state index is 0.0301. The highest BCUT2D eigenvalue weighted by molar-refractivity contribution is 7.99. The molecule has 1 aromatic carbocycles. The monoisotopic (exact) mass is 253 g/mol. The Morgan fingerprint density at radius 1 is 1.18 bits per heavy atom. The topological polar surface area (TPSA) is 26.0 Å². The summed E-state index contributed by atoms with van der Waals surface area (Å²) in [7, 11) is 0. The molecule has 94 valence electrons. The van der Waals surface area contributed by atoms with Crippen molar-refractivity contribution in [2.24, 2.45) is 5.73 Å². The van der Waals surface area contributed by atoms with Crippen LogP contribution in [0.3, 0.4) is 0 Å². The van der Waals surface area contributed by atoms with E-state index in [0.29, 0.717) is 0 Å². The van der Waals surface area contributed by atoms with Crippen LogP contribution in [0.15, 0.2) is 24.3 Å². The normalized spacial score (nSPS) is 19.2. The van der Waals surface area contributed by atoms with Crippen molar-refractivity contribution < 1.29 is 4.39 Å². The van der Waals surface area contributed by atoms with Crippen LogP contribution >= 0.6 is 11.8 Å². The molecule has 0 radical (unpaired) electrons. The molecule has 1 aromatic rings. The summed E-state index contributed by atoms with van der Waals surface area (Å²) in [5.74, 6) is 0.747. The quantitative estimate of drug-likeness (QED) is 0.881. The summed E-state index contributed by atoms with van der Waals surface area (Å²) in [6.45, 7) is 0. The number of thioether (sulfide) groups is 1. The standard InChI is InChI=1S/C14H20FNS/c15-12-8-6-11(7-9-12)14(16)10-17-13-4-2-1-3-5-13/h6-9,13-14H,1-5,10,16H2. The van der Waals surface area contributed by atoms with Gasteiger partial charge in [-0.05, 0) is 30.5 Å². The molecule has 0 aliphatic heterocycles. The van der Waals surface area contributed by atoms with Gasteiger partial charge in [-0.15, -0.1) is 0 Å². The summed E-state index contributed by atoms with van der Waals surface area (Å²) in [4.78, 5) is 0. The van der Waals surface area contributed by atoms with Crippen LogP contribution < -0.4 is 5.73 Å². The van der Waals surface area contributed by atoms with Gasteiger partial charge in [0, 0.05) is 17.0 Å². The van der Waals surface area contributed by atoms with Gasteiger partial charge in [-0.2, -0.15) is 11.8 Å². The zero-order valence-corrected chi connectivity index (χ0v) is 10.9. The van der Waals surface area contributed by atoms with Gasteiger partial charge in [-0.25, -0.2) is 4.39 Å². The molecule has 0 spiro atoms. The van der Waals surface area contributed by atoms with Crippen molar-refractivity contribution in [3.8, 4) is 0 Å². The Morgan fingerprint density at radius 2 is 1.82 bits per heavy atom. The Balaban J connectivity index is 1.80. The van der Waals surface area contributed by atoms with Crippen LogP contribution in [0.4, 0.5) is 4.39 Å². The lowest BCUT2D eigenvalue weighted by molar-refractivity contribution is 0.515. The lowest BCUT2D eigenvalue weighted by Gasteiger charge is -2.22. The Kier molecular flexibility index (Phi) is 4.86. The van der Waals surface area contributed by atoms with Gasteiger partial charge in [-0.3, -0.25) is 0 Å². The van der Waals surface area contributed by atoms with Crippen molar-refractivity contribution >= 4 is 11.8 Å². The fourth-order valence-electron chi connectivity index (χ4n) is 2.28. The molecule has 3 heteroatoms. The van der Waals surface area contributed by atoms with E-state index >= 15 is 0 Å². The Hall–Kier alpha value is -0.540. The predicted molar refractivity (Wildman–Crippen MR) is 72.7 cm³/mol. The summed E-state index contributed by atoms with van der Waals surface area (Å²) >= 11 is 1.99. The fourth-order valence-corrected chi connectivity index (χ4v) is 3.62. The van der Waals surface area contributed by atoms with Crippen LogP contribution in [0, 0.1) is 5.82 Å². The number of hydrogen-bond acceptors (Lipinski definition) is 2. The largest absolute Gasteiger partial charge is 0.323 e. The van der Waals surface area contributed by atoms with Crippen molar-refractivity contribution in [2.75, 3.05) is 5.75 Å². The van der Waals surface area contributed by atoms with E-state index in [0.717, 1.165) is 16.6 Å². The highest BCUT2D eigenvalue weighted by Crippen LogP contribution is 2.30. The third-order valence-electron chi connectivity index (χ3n) is 3.36. The average molecular weight is 253 g/mol. The van der Waals surface area contributed by atoms with Crippen LogP contribution in [0.5, 0.6) is 0 Å². The molecule has 17 heavy (non-hydrogen) atoms. The lowest BCUT2D eigenvalue weighted by Crippen LogP contribution is -2.17. The third-order valence-corrected chi connectivity index (χ3v) is 4.86. The molecule has 0 saturated heterocycles. The number of hydrogen-bond donors (Lipinski definition) is 1. The molecular formula is C14H20FNS. The Morgan fingerprint density at radius 3 is 2.47 bits per heavy atom. The second kappa shape index (κ2) is 6.41. The minimum atomic E-state index is -0.194. The van der Waals surface area contributed by atoms with E-state index in [1.54, 1.807) is 12.1 Å². The maximum Gasteiger partial charge on any atom is 0.123 e. The van der Waals surface area contributed by atoms with Gasteiger partial charge in [0.1, 0.15) is 5.82 Å². The van der Waals surface area contributed by atoms with Crippen LogP contribution in [-0.4, -0.2) is 11.0 Å². The minimum Gasteiger partial charge on any atom is -0.323 e. The molecule has 1 saturated carbocycles. The SMILES string of the molecule is NC(CSC1CCCCC1)c1ccc(F)cc1. The van der Waals surface area contributed by atoms with Gasteiger partial charge in [0.2, 0.25) is 0 Å². The molecule has 1 nitrogen and oxygen atoms in total. The molecule has 0 aromatic heterocycles. The van der Waals surface area contributed by atoms with Crippen molar-refractivity contribution in [3.05, 3.63) is 35.6 Å². The van der Waals surface area contributed by atoms with Crippen molar-refractivity contribution in [1.29, 1.82) is 0 Å². The number of rotatable bonds is 4. The van der Waals surface area contributed by atoms with E-state index in [2.05, 4.69) is 0 Å². The first-order valence-electron chi connectivity index (χ1n) is 6.38. The summed E-state index contributed by atoms with van der Waals surface area (Å²) in [5, 5.41) is 0.787. The summed E-state index contributed by atoms with van der Waals surface area (Å²) in [6.07, 6.45) is 6.79. The van der Waals surface area contributed by atoms with E-state index in [1.165, 1.54) is 44.2 Å². The molecule has 1 fully saturated rings. The van der Waals surface area contributed by atoms with Crippen LogP contribution in [0.2, 0.25) is 0 Å². The Bertz CT molecular complexity index is 333. The molecule has 0 bridgehead atoms. The van der Waals surface area contributed by atoms with Gasteiger partial charge >= 0.3 is 0 Å². The lowest BCUT2D eigenvalue weighted by atomic mass is 10.0. The van der Waals surface area contributed by atoms with Crippen molar-refractivity contribution in [3.63, 3.8) is 0 Å². The molecule has 1 unspecified atom stereocenters. The molecule has 2 N–H and O–H groups in total. The summed E-state index contributed by atoms with van der Waals surface area (Å²) in [5.41, 5.74) is 7.16. The van der Waals surface area contributed by atoms with E-state index in [4.69, 9.17) is 5.73 Å². The summed E-state index contributed by atoms with van der Waals surface area (Å²) in [6, 6.07) is 6.59. The average Bonchev–Trinajstić information content (AvgIpc) is 2.38. The number of nitrogens with two attached hydrogens (primary N) is 1. The smallest absolute Gasteiger partial charge is 0.123 e. The van der Waals surface area contributed by atoms with Gasteiger partial charge < -0.3 is 5.73 Å². The third kappa shape index (κ3) is 4.00. The maximum absolute atomic E-state index is 12.8. The molecule has 1 aliphatic rings. The van der Waals surface area contributed by atoms with E-state index in [9.17, 15) is 4.39 Å². The Labute approximate surface area is 107 Å². The van der Waals surface area contributed by atoms with Crippen molar-refractivity contribution in [1.82, 2.24) is 0 Å². The molecule has 2 rings (SSSR count). The maximum atomic E-state index is 12.8. The molecule has 1 atom stereocenters. The predicted octanol–water partition coefficient (Wildman–Crippen LogP) is 3.89. The highest BCUT2D eigenvalue weighted by Gasteiger charge is 2.15. The zero-order chi connectivity index (χ0) is 12.1. The highest BCUT2D eigenvalue weighted by atomic mass is 32.2. The van der Waals surface area contributed by atoms with Gasteiger partial charge in [0.15, 0.2) is 0 Å². The van der Waals surface area contributed by atoms with Gasteiger partial charge in [0.25, 0.3) is 0 Å². The zero-order valence-electron chi connectivity index (χ0n) is 10.1. The number of halogens is 1. The second-order valence-electron chi connectivity index (χ2n) is 4.75. The fraction of sp³-hybridized carbons (Fsp3) is 0.571. The van der Waals surface area contributed by atoms with E-state index < -0.39 is 0 Å². The van der Waals surface area contributed by atoms with Crippen LogP contribution in [-0.2, 0) is 0 Å². The number of benzene rings is 1. The van der Waals surface area contributed by atoms with E-state index in [1.807, 2.05) is 11.8 Å². The summed E-state index contributed by atoms with van der Waals surface area (Å²) < 4.78 is 12.8. The molecular weight excluding hydrogens is 233 g/mol. The van der Waals surface area contributed by atoms with Crippen LogP contribution in [0.25, 0.3) is 0 Å². The van der Waals surface area contributed by atoms with Gasteiger partial charge in [0.05, 0.1) is 0 Å². The van der Waals surface area contributed by atoms with Gasteiger partial charge in [-0.1, -0.05) is 31.4 Å². The van der Waals surface area contributed by atoms with Crippen molar-refractivity contribution in [2.45, 2.75) is 43.4 Å². The molecule has 0 heterocycles. The molecule has 0 amide bonds.